The topological polar surface area (TPSA) is 65.1 Å². The van der Waals surface area contributed by atoms with Crippen molar-refractivity contribution in [1.82, 2.24) is 4.90 Å². The maximum atomic E-state index is 12.7. The van der Waals surface area contributed by atoms with E-state index in [0.717, 1.165) is 25.8 Å². The third-order valence-corrected chi connectivity index (χ3v) is 5.92. The normalized spacial score (nSPS) is 21.6. The van der Waals surface area contributed by atoms with Crippen LogP contribution < -0.4 is 9.47 Å². The molecule has 1 saturated heterocycles. The van der Waals surface area contributed by atoms with Crippen LogP contribution in [0.25, 0.3) is 0 Å². The van der Waals surface area contributed by atoms with Crippen molar-refractivity contribution in [2.24, 2.45) is 5.92 Å². The number of fused-ring (bicyclic) bond motifs is 1. The summed E-state index contributed by atoms with van der Waals surface area (Å²) in [5.41, 5.74) is 0.229. The van der Waals surface area contributed by atoms with Crippen molar-refractivity contribution in [3.8, 4) is 11.5 Å². The Labute approximate surface area is 171 Å². The average molecular weight is 410 g/mol. The predicted octanol–water partition coefficient (Wildman–Crippen LogP) is 4.09. The van der Waals surface area contributed by atoms with Crippen LogP contribution in [-0.4, -0.2) is 49.7 Å². The number of amides is 1. The van der Waals surface area contributed by atoms with E-state index in [1.165, 1.54) is 38.5 Å². The monoisotopic (exact) mass is 409 g/mol. The molecule has 1 saturated carbocycles. The van der Waals surface area contributed by atoms with Crippen LogP contribution in [0.4, 0.5) is 0 Å². The number of ether oxygens (including phenoxy) is 3. The lowest BCUT2D eigenvalue weighted by Crippen LogP contribution is -2.50. The Kier molecular flexibility index (Phi) is 7.05. The van der Waals surface area contributed by atoms with Gasteiger partial charge in [0.1, 0.15) is 0 Å². The molecule has 1 aromatic rings. The highest BCUT2D eigenvalue weighted by molar-refractivity contribution is 6.32. The Balaban J connectivity index is 1.63. The van der Waals surface area contributed by atoms with Gasteiger partial charge in [-0.2, -0.15) is 0 Å². The molecular formula is C21H28ClNO5. The summed E-state index contributed by atoms with van der Waals surface area (Å²) in [6.45, 7) is 2.75. The molecule has 2 fully saturated rings. The number of nitrogens with zero attached hydrogens (tertiary/aromatic N) is 1. The molecule has 7 heteroatoms. The minimum Gasteiger partial charge on any atom is -0.493 e. The van der Waals surface area contributed by atoms with E-state index in [2.05, 4.69) is 0 Å². The van der Waals surface area contributed by atoms with Gasteiger partial charge in [0.2, 0.25) is 0 Å². The lowest BCUT2D eigenvalue weighted by atomic mass is 9.78. The van der Waals surface area contributed by atoms with Crippen molar-refractivity contribution < 1.29 is 23.8 Å². The fourth-order valence-electron chi connectivity index (χ4n) is 4.35. The fourth-order valence-corrected chi connectivity index (χ4v) is 4.62. The highest BCUT2D eigenvalue weighted by atomic mass is 35.5. The zero-order valence-electron chi connectivity index (χ0n) is 16.5. The largest absolute Gasteiger partial charge is 0.493 e. The van der Waals surface area contributed by atoms with E-state index in [1.54, 1.807) is 0 Å². The van der Waals surface area contributed by atoms with Crippen LogP contribution >= 0.6 is 11.6 Å². The first kappa shape index (κ1) is 20.8. The molecule has 0 radical (unpaired) electrons. The van der Waals surface area contributed by atoms with Crippen molar-refractivity contribution in [3.05, 3.63) is 22.7 Å². The van der Waals surface area contributed by atoms with Crippen LogP contribution in [0.15, 0.2) is 12.1 Å². The maximum absolute atomic E-state index is 12.7. The summed E-state index contributed by atoms with van der Waals surface area (Å²) in [7, 11) is 1.48. The number of benzene rings is 1. The van der Waals surface area contributed by atoms with Gasteiger partial charge in [0.25, 0.3) is 5.91 Å². The van der Waals surface area contributed by atoms with Gasteiger partial charge in [0.15, 0.2) is 18.1 Å². The second kappa shape index (κ2) is 9.50. The molecule has 2 atom stereocenters. The Morgan fingerprint density at radius 3 is 2.68 bits per heavy atom. The molecule has 0 aromatic heterocycles. The van der Waals surface area contributed by atoms with Crippen molar-refractivity contribution >= 4 is 23.5 Å². The summed E-state index contributed by atoms with van der Waals surface area (Å²) in [5, 5.41) is 0.264. The third kappa shape index (κ3) is 4.54. The molecule has 154 valence electrons. The van der Waals surface area contributed by atoms with Crippen molar-refractivity contribution in [2.75, 3.05) is 26.9 Å². The fraction of sp³-hybridized carbons (Fsp3) is 0.619. The molecule has 0 bridgehead atoms. The minimum atomic E-state index is -0.603. The number of methoxy groups -OCH3 is 1. The number of piperidine rings is 1. The summed E-state index contributed by atoms with van der Waals surface area (Å²) in [6.07, 6.45) is 6.87. The quantitative estimate of drug-likeness (QED) is 0.662. The summed E-state index contributed by atoms with van der Waals surface area (Å²) < 4.78 is 16.0. The van der Waals surface area contributed by atoms with Crippen molar-refractivity contribution in [3.63, 3.8) is 0 Å². The Hall–Kier alpha value is -1.95. The Morgan fingerprint density at radius 1 is 1.18 bits per heavy atom. The summed E-state index contributed by atoms with van der Waals surface area (Å²) in [4.78, 5) is 27.1. The van der Waals surface area contributed by atoms with Crippen molar-refractivity contribution in [2.45, 2.75) is 51.5 Å². The number of carbonyl (C=O) groups excluding carboxylic acids is 2. The summed E-state index contributed by atoms with van der Waals surface area (Å²) in [5.74, 6) is 0.615. The van der Waals surface area contributed by atoms with Gasteiger partial charge in [-0.15, -0.1) is 0 Å². The molecule has 0 spiro atoms. The first-order valence-corrected chi connectivity index (χ1v) is 10.4. The molecule has 28 heavy (non-hydrogen) atoms. The van der Waals surface area contributed by atoms with E-state index < -0.39 is 5.97 Å². The van der Waals surface area contributed by atoms with Crippen LogP contribution in [0.2, 0.25) is 5.02 Å². The molecule has 3 rings (SSSR count). The van der Waals surface area contributed by atoms with E-state index in [4.69, 9.17) is 25.8 Å². The summed E-state index contributed by atoms with van der Waals surface area (Å²) >= 11 is 6.21. The van der Waals surface area contributed by atoms with Gasteiger partial charge in [-0.1, -0.05) is 24.4 Å². The van der Waals surface area contributed by atoms with Gasteiger partial charge in [-0.25, -0.2) is 4.79 Å². The Morgan fingerprint density at radius 2 is 1.93 bits per heavy atom. The highest BCUT2D eigenvalue weighted by Gasteiger charge is 2.35. The molecule has 0 unspecified atom stereocenters. The molecule has 1 aliphatic heterocycles. The van der Waals surface area contributed by atoms with E-state index in [-0.39, 0.29) is 23.1 Å². The van der Waals surface area contributed by atoms with E-state index >= 15 is 0 Å². The molecule has 0 N–H and O–H groups in total. The number of likely N-dealkylation sites (tertiary alicyclic amines) is 1. The van der Waals surface area contributed by atoms with Crippen LogP contribution in [-0.2, 0) is 9.53 Å². The standard InChI is InChI=1S/C21H28ClNO5/c1-3-27-20-16(22)11-15(12-18(20)26-2)21(25)28-13-19(24)23-10-6-8-14-7-4-5-9-17(14)23/h11-12,14,17H,3-10,13H2,1-2H3/t14-,17+/m0/s1. The van der Waals surface area contributed by atoms with Crippen molar-refractivity contribution in [1.29, 1.82) is 0 Å². The van der Waals surface area contributed by atoms with Gasteiger partial charge in [0.05, 0.1) is 24.3 Å². The first-order valence-electron chi connectivity index (χ1n) is 10.0. The second-order valence-corrected chi connectivity index (χ2v) is 7.75. The SMILES string of the molecule is CCOc1c(Cl)cc(C(=O)OCC(=O)N2CCC[C@@H]3CCCC[C@H]32)cc1OC. The number of esters is 1. The van der Waals surface area contributed by atoms with Gasteiger partial charge < -0.3 is 19.1 Å². The highest BCUT2D eigenvalue weighted by Crippen LogP contribution is 2.37. The van der Waals surface area contributed by atoms with Crippen LogP contribution in [0.1, 0.15) is 55.8 Å². The molecule has 1 amide bonds. The number of halogens is 1. The van der Waals surface area contributed by atoms with E-state index in [0.29, 0.717) is 30.1 Å². The molecule has 1 aromatic carbocycles. The van der Waals surface area contributed by atoms with Crippen LogP contribution in [0.5, 0.6) is 11.5 Å². The second-order valence-electron chi connectivity index (χ2n) is 7.34. The zero-order chi connectivity index (χ0) is 20.1. The predicted molar refractivity (Wildman–Crippen MR) is 106 cm³/mol. The smallest absolute Gasteiger partial charge is 0.338 e. The lowest BCUT2D eigenvalue weighted by Gasteiger charge is -2.44. The van der Waals surface area contributed by atoms with Gasteiger partial charge in [-0.05, 0) is 50.7 Å². The number of hydrogen-bond acceptors (Lipinski definition) is 5. The van der Waals surface area contributed by atoms with E-state index in [9.17, 15) is 9.59 Å². The number of rotatable bonds is 6. The molecule has 2 aliphatic rings. The molecule has 1 heterocycles. The van der Waals surface area contributed by atoms with Crippen LogP contribution in [0.3, 0.4) is 0 Å². The maximum Gasteiger partial charge on any atom is 0.338 e. The summed E-state index contributed by atoms with van der Waals surface area (Å²) in [6, 6.07) is 3.29. The number of hydrogen-bond donors (Lipinski definition) is 0. The molecule has 6 nitrogen and oxygen atoms in total. The molecular weight excluding hydrogens is 382 g/mol. The number of carbonyl (C=O) groups is 2. The van der Waals surface area contributed by atoms with Crippen LogP contribution in [0, 0.1) is 5.92 Å². The Bertz CT molecular complexity index is 721. The molecule has 1 aliphatic carbocycles. The van der Waals surface area contributed by atoms with Gasteiger partial charge >= 0.3 is 5.97 Å². The third-order valence-electron chi connectivity index (χ3n) is 5.64. The minimum absolute atomic E-state index is 0.117. The zero-order valence-corrected chi connectivity index (χ0v) is 17.3. The lowest BCUT2D eigenvalue weighted by molar-refractivity contribution is -0.140. The first-order chi connectivity index (χ1) is 13.5. The van der Waals surface area contributed by atoms with Gasteiger partial charge in [0, 0.05) is 12.6 Å². The van der Waals surface area contributed by atoms with E-state index in [1.807, 2.05) is 11.8 Å². The average Bonchev–Trinajstić information content (AvgIpc) is 2.72. The van der Waals surface area contributed by atoms with Gasteiger partial charge in [-0.3, -0.25) is 4.79 Å².